The van der Waals surface area contributed by atoms with E-state index in [1.54, 1.807) is 11.3 Å². The molecule has 2 rings (SSSR count). The molecule has 1 unspecified atom stereocenters. The number of halogens is 2. The zero-order chi connectivity index (χ0) is 11.5. The molecular formula is C12H17BrClNS. The third kappa shape index (κ3) is 3.00. The monoisotopic (exact) mass is 321 g/mol. The van der Waals surface area contributed by atoms with Crippen molar-refractivity contribution in [3.8, 4) is 0 Å². The van der Waals surface area contributed by atoms with E-state index in [0.717, 1.165) is 14.7 Å². The van der Waals surface area contributed by atoms with E-state index < -0.39 is 0 Å². The molecule has 0 aromatic carbocycles. The lowest BCUT2D eigenvalue weighted by molar-refractivity contribution is 0.417. The normalized spacial score (nSPS) is 19.2. The summed E-state index contributed by atoms with van der Waals surface area (Å²) in [7, 11) is 2.04. The lowest BCUT2D eigenvalue weighted by Crippen LogP contribution is -2.18. The molecule has 1 aliphatic carbocycles. The van der Waals surface area contributed by atoms with Gasteiger partial charge in [0.1, 0.15) is 0 Å². The van der Waals surface area contributed by atoms with Crippen molar-refractivity contribution in [2.75, 3.05) is 7.05 Å². The first-order valence-electron chi connectivity index (χ1n) is 5.82. The van der Waals surface area contributed by atoms with Crippen LogP contribution in [0.1, 0.15) is 43.0 Å². The molecule has 1 aromatic rings. The van der Waals surface area contributed by atoms with Gasteiger partial charge in [0.15, 0.2) is 0 Å². The van der Waals surface area contributed by atoms with Gasteiger partial charge in [-0.25, -0.2) is 0 Å². The third-order valence-electron chi connectivity index (χ3n) is 3.40. The van der Waals surface area contributed by atoms with Gasteiger partial charge in [0, 0.05) is 10.9 Å². The Balaban J connectivity index is 2.03. The Labute approximate surface area is 115 Å². The molecule has 1 atom stereocenters. The molecule has 1 aliphatic rings. The summed E-state index contributed by atoms with van der Waals surface area (Å²) in [4.78, 5) is 1.35. The number of nitrogens with one attached hydrogen (secondary N) is 1. The lowest BCUT2D eigenvalue weighted by atomic mass is 9.97. The van der Waals surface area contributed by atoms with Gasteiger partial charge in [-0.1, -0.05) is 37.3 Å². The van der Waals surface area contributed by atoms with Crippen LogP contribution in [-0.4, -0.2) is 7.05 Å². The predicted octanol–water partition coefficient (Wildman–Crippen LogP) is 5.00. The van der Waals surface area contributed by atoms with Crippen LogP contribution < -0.4 is 5.32 Å². The van der Waals surface area contributed by atoms with Crippen LogP contribution in [0.25, 0.3) is 0 Å². The van der Waals surface area contributed by atoms with Crippen molar-refractivity contribution in [3.05, 3.63) is 19.8 Å². The van der Waals surface area contributed by atoms with Gasteiger partial charge in [-0.2, -0.15) is 0 Å². The third-order valence-corrected chi connectivity index (χ3v) is 5.99. The van der Waals surface area contributed by atoms with Crippen molar-refractivity contribution in [1.29, 1.82) is 0 Å². The Kier molecular flexibility index (Phi) is 4.71. The van der Waals surface area contributed by atoms with Gasteiger partial charge in [0.25, 0.3) is 0 Å². The summed E-state index contributed by atoms with van der Waals surface area (Å²) in [6, 6.07) is 2.56. The molecule has 1 saturated carbocycles. The average molecular weight is 323 g/mol. The van der Waals surface area contributed by atoms with Gasteiger partial charge in [-0.3, -0.25) is 0 Å². The molecule has 0 radical (unpaired) electrons. The summed E-state index contributed by atoms with van der Waals surface area (Å²) in [6.45, 7) is 0. The fourth-order valence-corrected chi connectivity index (χ4v) is 4.36. The Hall–Kier alpha value is 0.430. The van der Waals surface area contributed by atoms with Gasteiger partial charge >= 0.3 is 0 Å². The molecule has 0 bridgehead atoms. The smallest absolute Gasteiger partial charge is 0.0887 e. The fourth-order valence-electron chi connectivity index (χ4n) is 2.49. The standard InChI is InChI=1S/C12H17BrClNS/c1-15-10(6-8-4-2-3-5-8)11-7-9(14)12(13)16-11/h7-8,10,15H,2-6H2,1H3. The van der Waals surface area contributed by atoms with E-state index in [1.165, 1.54) is 37.0 Å². The molecular weight excluding hydrogens is 306 g/mol. The highest BCUT2D eigenvalue weighted by Gasteiger charge is 2.22. The number of hydrogen-bond acceptors (Lipinski definition) is 2. The van der Waals surface area contributed by atoms with Crippen LogP contribution in [-0.2, 0) is 0 Å². The molecule has 1 nitrogen and oxygen atoms in total. The molecule has 1 N–H and O–H groups in total. The molecule has 16 heavy (non-hydrogen) atoms. The highest BCUT2D eigenvalue weighted by atomic mass is 79.9. The molecule has 0 spiro atoms. The van der Waals surface area contributed by atoms with Gasteiger partial charge in [0.2, 0.25) is 0 Å². The van der Waals surface area contributed by atoms with Crippen molar-refractivity contribution in [2.24, 2.45) is 5.92 Å². The second kappa shape index (κ2) is 5.85. The lowest BCUT2D eigenvalue weighted by Gasteiger charge is -2.18. The highest BCUT2D eigenvalue weighted by molar-refractivity contribution is 9.11. The minimum Gasteiger partial charge on any atom is -0.312 e. The maximum Gasteiger partial charge on any atom is 0.0887 e. The van der Waals surface area contributed by atoms with Gasteiger partial charge in [0.05, 0.1) is 8.81 Å². The number of hydrogen-bond donors (Lipinski definition) is 1. The molecule has 1 aromatic heterocycles. The Morgan fingerprint density at radius 3 is 2.75 bits per heavy atom. The summed E-state index contributed by atoms with van der Waals surface area (Å²) in [5, 5.41) is 4.26. The van der Waals surface area contributed by atoms with Crippen LogP contribution in [0.3, 0.4) is 0 Å². The molecule has 4 heteroatoms. The van der Waals surface area contributed by atoms with Crippen LogP contribution in [0.15, 0.2) is 9.85 Å². The van der Waals surface area contributed by atoms with E-state index in [-0.39, 0.29) is 0 Å². The molecule has 1 heterocycles. The summed E-state index contributed by atoms with van der Waals surface area (Å²) in [6.07, 6.45) is 6.88. The summed E-state index contributed by atoms with van der Waals surface area (Å²) >= 11 is 11.3. The second-order valence-electron chi connectivity index (χ2n) is 4.50. The van der Waals surface area contributed by atoms with Gasteiger partial charge in [-0.15, -0.1) is 11.3 Å². The van der Waals surface area contributed by atoms with Crippen molar-refractivity contribution in [2.45, 2.75) is 38.1 Å². The SMILES string of the molecule is CNC(CC1CCCC1)c1cc(Cl)c(Br)s1. The summed E-state index contributed by atoms with van der Waals surface area (Å²) in [5.74, 6) is 0.900. The van der Waals surface area contributed by atoms with Crippen LogP contribution in [0.4, 0.5) is 0 Å². The zero-order valence-corrected chi connectivity index (χ0v) is 12.6. The second-order valence-corrected chi connectivity index (χ2v) is 7.31. The fraction of sp³-hybridized carbons (Fsp3) is 0.667. The van der Waals surface area contributed by atoms with E-state index in [2.05, 4.69) is 27.3 Å². The van der Waals surface area contributed by atoms with Crippen LogP contribution in [0.5, 0.6) is 0 Å². The Morgan fingerprint density at radius 2 is 2.25 bits per heavy atom. The van der Waals surface area contributed by atoms with E-state index in [0.29, 0.717) is 6.04 Å². The molecule has 90 valence electrons. The van der Waals surface area contributed by atoms with Crippen LogP contribution in [0.2, 0.25) is 5.02 Å². The van der Waals surface area contributed by atoms with Crippen LogP contribution >= 0.6 is 38.9 Å². The maximum absolute atomic E-state index is 6.08. The Morgan fingerprint density at radius 1 is 1.56 bits per heavy atom. The first-order valence-corrected chi connectivity index (χ1v) is 7.81. The molecule has 0 saturated heterocycles. The quantitative estimate of drug-likeness (QED) is 0.822. The predicted molar refractivity (Wildman–Crippen MR) is 75.4 cm³/mol. The largest absolute Gasteiger partial charge is 0.312 e. The molecule has 0 amide bonds. The van der Waals surface area contributed by atoms with E-state index in [9.17, 15) is 0 Å². The first-order chi connectivity index (χ1) is 7.70. The minimum atomic E-state index is 0.469. The van der Waals surface area contributed by atoms with E-state index in [1.807, 2.05) is 7.05 Å². The van der Waals surface area contributed by atoms with Crippen molar-refractivity contribution >= 4 is 38.9 Å². The Bertz CT molecular complexity index is 327. The first kappa shape index (κ1) is 12.9. The molecule has 1 fully saturated rings. The van der Waals surface area contributed by atoms with E-state index in [4.69, 9.17) is 11.6 Å². The highest BCUT2D eigenvalue weighted by Crippen LogP contribution is 2.39. The average Bonchev–Trinajstić information content (AvgIpc) is 2.86. The van der Waals surface area contributed by atoms with Gasteiger partial charge in [-0.05, 0) is 41.4 Å². The maximum atomic E-state index is 6.08. The number of thiophene rings is 1. The van der Waals surface area contributed by atoms with Crippen molar-refractivity contribution in [3.63, 3.8) is 0 Å². The molecule has 0 aliphatic heterocycles. The zero-order valence-electron chi connectivity index (χ0n) is 9.43. The summed E-state index contributed by atoms with van der Waals surface area (Å²) < 4.78 is 1.05. The summed E-state index contributed by atoms with van der Waals surface area (Å²) in [5.41, 5.74) is 0. The minimum absolute atomic E-state index is 0.469. The van der Waals surface area contributed by atoms with Gasteiger partial charge < -0.3 is 5.32 Å². The van der Waals surface area contributed by atoms with Crippen molar-refractivity contribution in [1.82, 2.24) is 5.32 Å². The number of rotatable bonds is 4. The van der Waals surface area contributed by atoms with E-state index >= 15 is 0 Å². The topological polar surface area (TPSA) is 12.0 Å². The van der Waals surface area contributed by atoms with Crippen LogP contribution in [0, 0.1) is 5.92 Å². The van der Waals surface area contributed by atoms with Crippen molar-refractivity contribution < 1.29 is 0 Å².